The summed E-state index contributed by atoms with van der Waals surface area (Å²) in [6, 6.07) is 0. The van der Waals surface area contributed by atoms with Crippen molar-refractivity contribution in [2.24, 2.45) is 4.99 Å². The Morgan fingerprint density at radius 3 is 3.00 bits per heavy atom. The van der Waals surface area contributed by atoms with Crippen LogP contribution < -0.4 is 10.1 Å². The number of aliphatic hydroxyl groups excluding tert-OH is 1. The van der Waals surface area contributed by atoms with Gasteiger partial charge in [0.05, 0.1) is 5.69 Å². The Labute approximate surface area is 132 Å². The lowest BCUT2D eigenvalue weighted by molar-refractivity contribution is -0.463. The van der Waals surface area contributed by atoms with Crippen LogP contribution >= 0.6 is 11.3 Å². The van der Waals surface area contributed by atoms with Crippen LogP contribution in [0.15, 0.2) is 10.4 Å². The molecule has 1 rings (SSSR count). The highest BCUT2D eigenvalue weighted by Crippen LogP contribution is 2.18. The molecule has 22 heavy (non-hydrogen) atoms. The molecule has 0 fully saturated rings. The van der Waals surface area contributed by atoms with Crippen LogP contribution in [0.3, 0.4) is 0 Å². The van der Waals surface area contributed by atoms with Gasteiger partial charge in [0, 0.05) is 30.4 Å². The van der Waals surface area contributed by atoms with Crippen molar-refractivity contribution < 1.29 is 14.8 Å². The third kappa shape index (κ3) is 7.29. The van der Waals surface area contributed by atoms with Crippen LogP contribution in [-0.2, 0) is 6.54 Å². The average Bonchev–Trinajstić information content (AvgIpc) is 2.87. The maximum atomic E-state index is 10.4. The minimum absolute atomic E-state index is 0.0530. The molecule has 0 saturated heterocycles. The van der Waals surface area contributed by atoms with Crippen molar-refractivity contribution in [3.63, 3.8) is 0 Å². The van der Waals surface area contributed by atoms with E-state index in [0.717, 1.165) is 12.2 Å². The van der Waals surface area contributed by atoms with Gasteiger partial charge in [-0.3, -0.25) is 15.1 Å². The normalized spacial score (nSPS) is 13.2. The smallest absolute Gasteiger partial charge is 0.273 e. The summed E-state index contributed by atoms with van der Waals surface area (Å²) in [4.78, 5) is 19.9. The second-order valence-electron chi connectivity index (χ2n) is 4.85. The van der Waals surface area contributed by atoms with Gasteiger partial charge < -0.3 is 20.1 Å². The van der Waals surface area contributed by atoms with Gasteiger partial charge >= 0.3 is 0 Å². The topological polar surface area (TPSA) is 113 Å². The lowest BCUT2D eigenvalue weighted by Crippen LogP contribution is -2.38. The number of rotatable bonds is 9. The highest BCUT2D eigenvalue weighted by Gasteiger charge is 2.11. The Bertz CT molecular complexity index is 505. The molecule has 9 nitrogen and oxygen atoms in total. The van der Waals surface area contributed by atoms with Gasteiger partial charge in [0.1, 0.15) is 12.7 Å². The molecule has 0 aromatic carbocycles. The first-order chi connectivity index (χ1) is 10.4. The van der Waals surface area contributed by atoms with E-state index >= 15 is 0 Å². The zero-order chi connectivity index (χ0) is 16.5. The summed E-state index contributed by atoms with van der Waals surface area (Å²) in [5, 5.41) is 25.3. The van der Waals surface area contributed by atoms with E-state index in [2.05, 4.69) is 15.3 Å². The van der Waals surface area contributed by atoms with E-state index in [4.69, 9.17) is 4.74 Å². The van der Waals surface area contributed by atoms with Gasteiger partial charge in [-0.1, -0.05) is 11.3 Å². The quantitative estimate of drug-likeness (QED) is 0.280. The van der Waals surface area contributed by atoms with Crippen molar-refractivity contribution in [2.45, 2.75) is 12.6 Å². The van der Waals surface area contributed by atoms with E-state index in [1.54, 1.807) is 0 Å². The molecule has 0 aliphatic carbocycles. The maximum absolute atomic E-state index is 10.4. The molecule has 10 heteroatoms. The third-order valence-electron chi connectivity index (χ3n) is 2.50. The van der Waals surface area contributed by atoms with Gasteiger partial charge in [-0.25, -0.2) is 4.98 Å². The number of nitro groups is 1. The molecule has 0 spiro atoms. The van der Waals surface area contributed by atoms with Crippen LogP contribution in [0.1, 0.15) is 5.69 Å². The van der Waals surface area contributed by atoms with Gasteiger partial charge in [0.2, 0.25) is 0 Å². The Kier molecular flexibility index (Phi) is 7.71. The number of aromatic nitrogens is 1. The minimum atomic E-state index is -0.815. The van der Waals surface area contributed by atoms with Crippen molar-refractivity contribution in [2.75, 3.05) is 40.8 Å². The summed E-state index contributed by atoms with van der Waals surface area (Å²) in [5.41, 5.74) is 0.906. The summed E-state index contributed by atoms with van der Waals surface area (Å²) in [6.07, 6.45) is -0.815. The minimum Gasteiger partial charge on any atom is -0.467 e. The zero-order valence-corrected chi connectivity index (χ0v) is 13.7. The summed E-state index contributed by atoms with van der Waals surface area (Å²) in [7, 11) is 5.36. The van der Waals surface area contributed by atoms with E-state index in [0.29, 0.717) is 5.19 Å². The predicted octanol–water partition coefficient (Wildman–Crippen LogP) is -0.161. The number of ether oxygens (including phenoxy) is 1. The molecule has 1 unspecified atom stereocenters. The number of hydrogen-bond donors (Lipinski definition) is 2. The lowest BCUT2D eigenvalue weighted by Gasteiger charge is -2.12. The highest BCUT2D eigenvalue weighted by atomic mass is 32.1. The predicted molar refractivity (Wildman–Crippen MR) is 84.2 cm³/mol. The van der Waals surface area contributed by atoms with E-state index in [9.17, 15) is 15.2 Å². The standard InChI is InChI=1S/C12H21N5O4S/c1-13-11(6-17(19)20)14-4-10(18)7-21-12-15-9(8-22-12)5-16(2)3/h8,10,18H,4-7H2,1-3H3,(H,13,14). The van der Waals surface area contributed by atoms with Crippen molar-refractivity contribution in [3.8, 4) is 5.19 Å². The van der Waals surface area contributed by atoms with Crippen molar-refractivity contribution >= 4 is 17.2 Å². The van der Waals surface area contributed by atoms with Gasteiger partial charge in [-0.05, 0) is 14.1 Å². The molecule has 0 amide bonds. The average molecular weight is 331 g/mol. The molecule has 1 heterocycles. The fourth-order valence-electron chi connectivity index (χ4n) is 1.54. The van der Waals surface area contributed by atoms with Crippen LogP contribution in [0.5, 0.6) is 5.19 Å². The number of aliphatic imine (C=N–C) groups is 1. The van der Waals surface area contributed by atoms with E-state index in [1.807, 2.05) is 24.4 Å². The molecule has 1 aromatic heterocycles. The molecule has 2 N–H and O–H groups in total. The van der Waals surface area contributed by atoms with Crippen LogP contribution in [-0.4, -0.2) is 72.7 Å². The van der Waals surface area contributed by atoms with Crippen LogP contribution in [0.4, 0.5) is 0 Å². The zero-order valence-electron chi connectivity index (χ0n) is 12.9. The second kappa shape index (κ2) is 9.28. The van der Waals surface area contributed by atoms with Crippen molar-refractivity contribution in [3.05, 3.63) is 21.2 Å². The van der Waals surface area contributed by atoms with E-state index in [-0.39, 0.29) is 19.0 Å². The molecular formula is C12H21N5O4S. The Hall–Kier alpha value is -1.78. The molecule has 1 atom stereocenters. The highest BCUT2D eigenvalue weighted by molar-refractivity contribution is 7.11. The van der Waals surface area contributed by atoms with Crippen LogP contribution in [0.25, 0.3) is 0 Å². The van der Waals surface area contributed by atoms with Crippen molar-refractivity contribution in [1.29, 1.82) is 0 Å². The monoisotopic (exact) mass is 331 g/mol. The number of nitrogens with one attached hydrogen (secondary N) is 1. The number of nitrogens with zero attached hydrogens (tertiary/aromatic N) is 4. The first-order valence-electron chi connectivity index (χ1n) is 6.62. The largest absolute Gasteiger partial charge is 0.467 e. The fraction of sp³-hybridized carbons (Fsp3) is 0.667. The SMILES string of the molecule is CN=C(C[N+](=O)[O-])NCC(O)COc1nc(CN(C)C)cs1. The Morgan fingerprint density at radius 1 is 1.68 bits per heavy atom. The molecule has 0 saturated carbocycles. The molecule has 124 valence electrons. The first kappa shape index (κ1) is 18.3. The number of amidine groups is 1. The number of aliphatic hydroxyl groups is 1. The maximum Gasteiger partial charge on any atom is 0.273 e. The van der Waals surface area contributed by atoms with E-state index < -0.39 is 17.6 Å². The second-order valence-corrected chi connectivity index (χ2v) is 5.67. The van der Waals surface area contributed by atoms with Gasteiger partial charge in [0.15, 0.2) is 5.84 Å². The summed E-state index contributed by atoms with van der Waals surface area (Å²) < 4.78 is 5.40. The number of hydrogen-bond acceptors (Lipinski definition) is 8. The summed E-state index contributed by atoms with van der Waals surface area (Å²) in [5.74, 6) is 0.214. The fourth-order valence-corrected chi connectivity index (χ4v) is 2.21. The third-order valence-corrected chi connectivity index (χ3v) is 3.30. The van der Waals surface area contributed by atoms with E-state index in [1.165, 1.54) is 18.4 Å². The molecule has 0 radical (unpaired) electrons. The van der Waals surface area contributed by atoms with Gasteiger partial charge in [-0.2, -0.15) is 0 Å². The summed E-state index contributed by atoms with van der Waals surface area (Å²) in [6.45, 7) is 0.499. The molecule has 0 aliphatic rings. The molecule has 0 bridgehead atoms. The van der Waals surface area contributed by atoms with Crippen LogP contribution in [0, 0.1) is 10.1 Å². The lowest BCUT2D eigenvalue weighted by atomic mass is 10.3. The number of thiazole rings is 1. The molecule has 0 aliphatic heterocycles. The Balaban J connectivity index is 2.32. The molecule has 1 aromatic rings. The van der Waals surface area contributed by atoms with Gasteiger partial charge in [0.25, 0.3) is 11.7 Å². The van der Waals surface area contributed by atoms with Gasteiger partial charge in [-0.15, -0.1) is 0 Å². The van der Waals surface area contributed by atoms with Crippen molar-refractivity contribution in [1.82, 2.24) is 15.2 Å². The van der Waals surface area contributed by atoms with Crippen LogP contribution in [0.2, 0.25) is 0 Å². The first-order valence-corrected chi connectivity index (χ1v) is 7.50. The molecular weight excluding hydrogens is 310 g/mol. The Morgan fingerprint density at radius 2 is 2.41 bits per heavy atom. The summed E-state index contributed by atoms with van der Waals surface area (Å²) >= 11 is 1.37.